The molecule has 5 heterocycles. The van der Waals surface area contributed by atoms with Gasteiger partial charge < -0.3 is 30.3 Å². The number of hydrogen-bond donors (Lipinski definition) is 5. The number of carbonyl (C=O) groups excluding carboxylic acids is 3. The summed E-state index contributed by atoms with van der Waals surface area (Å²) >= 11 is 1.01. The van der Waals surface area contributed by atoms with Crippen molar-refractivity contribution in [3.8, 4) is 0 Å². The molecule has 5 N–H and O–H groups in total. The van der Waals surface area contributed by atoms with Crippen LogP contribution in [0.1, 0.15) is 52.9 Å². The highest BCUT2D eigenvalue weighted by Gasteiger charge is 2.50. The number of fused-ring (bicyclic) bond motifs is 3. The number of H-pyrrole nitrogens is 1. The Balaban J connectivity index is 1.15. The van der Waals surface area contributed by atoms with E-state index in [9.17, 15) is 27.7 Å². The van der Waals surface area contributed by atoms with E-state index in [-0.39, 0.29) is 34.7 Å². The Kier molecular flexibility index (Phi) is 7.57. The Hall–Kier alpha value is -3.71. The van der Waals surface area contributed by atoms with E-state index in [1.807, 2.05) is 12.1 Å². The van der Waals surface area contributed by atoms with Crippen LogP contribution >= 0.6 is 18.9 Å². The molecule has 2 aliphatic rings. The third-order valence-electron chi connectivity index (χ3n) is 8.14. The number of nitrogens with one attached hydrogen (secondary N) is 3. The van der Waals surface area contributed by atoms with Crippen LogP contribution in [-0.4, -0.2) is 60.5 Å². The van der Waals surface area contributed by atoms with Gasteiger partial charge >= 0.3 is 13.3 Å². The molecule has 0 spiro atoms. The lowest BCUT2D eigenvalue weighted by molar-refractivity contribution is -0.141. The molecule has 0 radical (unpaired) electrons. The predicted octanol–water partition coefficient (Wildman–Crippen LogP) is 3.96. The minimum absolute atomic E-state index is 0.110. The van der Waals surface area contributed by atoms with E-state index in [1.54, 1.807) is 17.3 Å². The van der Waals surface area contributed by atoms with E-state index in [0.717, 1.165) is 34.4 Å². The fraction of sp³-hybridized carbons (Fsp3) is 0.357. The molecule has 0 bridgehead atoms. The summed E-state index contributed by atoms with van der Waals surface area (Å²) in [5.41, 5.74) is -3.64. The number of amides is 3. The molecule has 3 atom stereocenters. The minimum atomic E-state index is -5.75. The van der Waals surface area contributed by atoms with Gasteiger partial charge in [0.25, 0.3) is 5.91 Å². The molecule has 226 valence electrons. The first-order valence-corrected chi connectivity index (χ1v) is 16.2. The van der Waals surface area contributed by atoms with Gasteiger partial charge in [0.05, 0.1) is 4.88 Å². The van der Waals surface area contributed by atoms with Crippen LogP contribution in [0.5, 0.6) is 0 Å². The van der Waals surface area contributed by atoms with Crippen LogP contribution in [0.4, 0.5) is 8.78 Å². The number of pyridine rings is 1. The van der Waals surface area contributed by atoms with Crippen molar-refractivity contribution >= 4 is 57.8 Å². The first-order valence-electron chi connectivity index (χ1n) is 13.7. The molecule has 2 aliphatic heterocycles. The molecular formula is C28H28F2N5O6PS. The standard InChI is InChI=1S/C28H28F2N5O6PS/c29-28(30,42(39,40)41)17-6-9-22-15(11-17)12-23(43-22)26(37)34-20-5-1-3-18-7-8-21(35(18)27(20)38)25(36)33-14-16-13-32-24-19(16)4-2-10-31-24/h2,4,6,9-13,18,20-21H,1,3,5,7-8,14H2,(H,31,32)(H,33,36)(H,34,37)(H2,39,40,41)/t18-,20?,21-/m0/s1. The number of halogens is 2. The van der Waals surface area contributed by atoms with E-state index in [2.05, 4.69) is 20.6 Å². The van der Waals surface area contributed by atoms with E-state index in [0.29, 0.717) is 42.5 Å². The molecular weight excluding hydrogens is 603 g/mol. The summed E-state index contributed by atoms with van der Waals surface area (Å²) in [7, 11) is -5.75. The molecule has 0 aliphatic carbocycles. The maximum atomic E-state index is 14.2. The lowest BCUT2D eigenvalue weighted by atomic mass is 10.1. The van der Waals surface area contributed by atoms with Gasteiger partial charge in [0.15, 0.2) is 0 Å². The predicted molar refractivity (Wildman–Crippen MR) is 154 cm³/mol. The zero-order valence-electron chi connectivity index (χ0n) is 22.6. The molecule has 0 saturated carbocycles. The summed E-state index contributed by atoms with van der Waals surface area (Å²) in [6.45, 7) is 0.266. The molecule has 3 aromatic heterocycles. The van der Waals surface area contributed by atoms with Crippen molar-refractivity contribution in [3.05, 3.63) is 64.8 Å². The quantitative estimate of drug-likeness (QED) is 0.193. The highest BCUT2D eigenvalue weighted by Crippen LogP contribution is 2.59. The molecule has 2 saturated heterocycles. The van der Waals surface area contributed by atoms with Crippen LogP contribution in [0.15, 0.2) is 48.8 Å². The van der Waals surface area contributed by atoms with Gasteiger partial charge in [-0.05, 0) is 73.4 Å². The van der Waals surface area contributed by atoms with Crippen LogP contribution in [0.2, 0.25) is 0 Å². The number of thiophene rings is 1. The van der Waals surface area contributed by atoms with Crippen molar-refractivity contribution in [1.82, 2.24) is 25.5 Å². The highest BCUT2D eigenvalue weighted by atomic mass is 32.1. The molecule has 2 fully saturated rings. The number of benzene rings is 1. The molecule has 6 rings (SSSR count). The van der Waals surface area contributed by atoms with E-state index < -0.39 is 36.8 Å². The topological polar surface area (TPSA) is 165 Å². The fourth-order valence-electron chi connectivity index (χ4n) is 5.95. The summed E-state index contributed by atoms with van der Waals surface area (Å²) in [5, 5.41) is 6.83. The first kappa shape index (κ1) is 29.4. The lowest BCUT2D eigenvalue weighted by Gasteiger charge is -2.30. The monoisotopic (exact) mass is 631 g/mol. The smallest absolute Gasteiger partial charge is 0.350 e. The second-order valence-electron chi connectivity index (χ2n) is 10.8. The van der Waals surface area contributed by atoms with Gasteiger partial charge in [-0.25, -0.2) is 4.98 Å². The fourth-order valence-corrected chi connectivity index (χ4v) is 7.37. The summed E-state index contributed by atoms with van der Waals surface area (Å²) in [5.74, 6) is -1.18. The average Bonchev–Trinajstić information content (AvgIpc) is 3.68. The summed E-state index contributed by atoms with van der Waals surface area (Å²) in [4.78, 5) is 67.4. The van der Waals surface area contributed by atoms with Crippen LogP contribution in [0.3, 0.4) is 0 Å². The zero-order valence-corrected chi connectivity index (χ0v) is 24.3. The van der Waals surface area contributed by atoms with Gasteiger partial charge in [0.1, 0.15) is 17.7 Å². The summed E-state index contributed by atoms with van der Waals surface area (Å²) in [6.07, 6.45) is 6.41. The highest BCUT2D eigenvalue weighted by molar-refractivity contribution is 7.52. The summed E-state index contributed by atoms with van der Waals surface area (Å²) in [6, 6.07) is 6.57. The van der Waals surface area contributed by atoms with Gasteiger partial charge in [-0.15, -0.1) is 11.3 Å². The Morgan fingerprint density at radius 2 is 1.98 bits per heavy atom. The second kappa shape index (κ2) is 11.1. The maximum Gasteiger partial charge on any atom is 0.399 e. The van der Waals surface area contributed by atoms with Crippen molar-refractivity contribution in [2.45, 2.75) is 62.4 Å². The van der Waals surface area contributed by atoms with E-state index in [4.69, 9.17) is 9.79 Å². The van der Waals surface area contributed by atoms with Crippen LogP contribution in [0.25, 0.3) is 21.1 Å². The number of nitrogens with zero attached hydrogens (tertiary/aromatic N) is 2. The Labute approximate surface area is 247 Å². The van der Waals surface area contributed by atoms with E-state index >= 15 is 0 Å². The molecule has 1 unspecified atom stereocenters. The van der Waals surface area contributed by atoms with Crippen molar-refractivity contribution < 1.29 is 37.5 Å². The van der Waals surface area contributed by atoms with Crippen molar-refractivity contribution in [3.63, 3.8) is 0 Å². The minimum Gasteiger partial charge on any atom is -0.350 e. The molecule has 11 nitrogen and oxygen atoms in total. The molecule has 3 amide bonds. The molecule has 43 heavy (non-hydrogen) atoms. The maximum absolute atomic E-state index is 14.2. The lowest BCUT2D eigenvalue weighted by Crippen LogP contribution is -2.54. The Bertz CT molecular complexity index is 1790. The molecule has 15 heteroatoms. The number of aromatic amines is 1. The largest absolute Gasteiger partial charge is 0.399 e. The number of rotatable bonds is 7. The number of alkyl halides is 2. The third-order valence-corrected chi connectivity index (χ3v) is 10.2. The number of carbonyl (C=O) groups is 3. The average molecular weight is 632 g/mol. The van der Waals surface area contributed by atoms with Gasteiger partial charge in [-0.3, -0.25) is 18.9 Å². The Morgan fingerprint density at radius 1 is 1.16 bits per heavy atom. The zero-order chi connectivity index (χ0) is 30.5. The van der Waals surface area contributed by atoms with Crippen LogP contribution in [-0.2, 0) is 26.4 Å². The summed E-state index contributed by atoms with van der Waals surface area (Å²) < 4.78 is 40.2. The second-order valence-corrected chi connectivity index (χ2v) is 13.6. The van der Waals surface area contributed by atoms with Gasteiger partial charge in [0.2, 0.25) is 11.8 Å². The number of hydrogen-bond acceptors (Lipinski definition) is 6. The molecule has 1 aromatic carbocycles. The SMILES string of the molecule is O=C(NC1CCC[C@H]2CC[C@@H](C(=O)NCc3c[nH]c4ncccc34)N2C1=O)c1cc2cc(C(F)(F)P(=O)(O)O)ccc2s1. The first-order chi connectivity index (χ1) is 20.4. The van der Waals surface area contributed by atoms with Crippen LogP contribution < -0.4 is 10.6 Å². The van der Waals surface area contributed by atoms with E-state index in [1.165, 1.54) is 12.1 Å². The third kappa shape index (κ3) is 5.44. The molecule has 4 aromatic rings. The van der Waals surface area contributed by atoms with Crippen LogP contribution in [0, 0.1) is 0 Å². The van der Waals surface area contributed by atoms with Gasteiger partial charge in [-0.1, -0.05) is 6.07 Å². The number of aromatic nitrogens is 2. The van der Waals surface area contributed by atoms with Crippen molar-refractivity contribution in [2.75, 3.05) is 0 Å². The Morgan fingerprint density at radius 3 is 2.77 bits per heavy atom. The van der Waals surface area contributed by atoms with Gasteiger partial charge in [0, 0.05) is 40.6 Å². The normalized spacial score (nSPS) is 21.2. The van der Waals surface area contributed by atoms with Crippen molar-refractivity contribution in [1.29, 1.82) is 0 Å². The van der Waals surface area contributed by atoms with Crippen molar-refractivity contribution in [2.24, 2.45) is 0 Å². The van der Waals surface area contributed by atoms with Gasteiger partial charge in [-0.2, -0.15) is 8.78 Å².